The van der Waals surface area contributed by atoms with Gasteiger partial charge in [-0.3, -0.25) is 9.59 Å². The minimum atomic E-state index is -0.640. The lowest BCUT2D eigenvalue weighted by Gasteiger charge is -2.15. The first-order valence-corrected chi connectivity index (χ1v) is 7.28. The summed E-state index contributed by atoms with van der Waals surface area (Å²) in [5, 5.41) is 3.74. The highest BCUT2D eigenvalue weighted by Gasteiger charge is 2.23. The topological polar surface area (TPSA) is 98.2 Å². The highest BCUT2D eigenvalue weighted by atomic mass is 32.1. The van der Waals surface area contributed by atoms with E-state index in [0.29, 0.717) is 9.88 Å². The lowest BCUT2D eigenvalue weighted by atomic mass is 10.1. The summed E-state index contributed by atoms with van der Waals surface area (Å²) in [6.07, 6.45) is 0. The Hall–Kier alpha value is -2.34. The second kappa shape index (κ2) is 5.97. The molecule has 0 aliphatic heterocycles. The van der Waals surface area contributed by atoms with Crippen molar-refractivity contribution in [3.63, 3.8) is 0 Å². The highest BCUT2D eigenvalue weighted by molar-refractivity contribution is 7.19. The molecular formula is C15H17N3O2S. The summed E-state index contributed by atoms with van der Waals surface area (Å²) in [5.41, 5.74) is 12.7. The van der Waals surface area contributed by atoms with Crippen molar-refractivity contribution < 1.29 is 9.59 Å². The van der Waals surface area contributed by atoms with Gasteiger partial charge < -0.3 is 16.8 Å². The third kappa shape index (κ3) is 3.05. The zero-order valence-corrected chi connectivity index (χ0v) is 12.7. The van der Waals surface area contributed by atoms with Gasteiger partial charge in [0.05, 0.1) is 16.1 Å². The van der Waals surface area contributed by atoms with Gasteiger partial charge in [0, 0.05) is 13.0 Å². The molecule has 2 rings (SSSR count). The van der Waals surface area contributed by atoms with E-state index in [9.17, 15) is 9.59 Å². The van der Waals surface area contributed by atoms with E-state index < -0.39 is 5.91 Å². The van der Waals surface area contributed by atoms with Crippen LogP contribution in [0, 0.1) is 0 Å². The molecule has 0 aliphatic rings. The average Bonchev–Trinajstić information content (AvgIpc) is 2.76. The largest absolute Gasteiger partial charge is 0.397 e. The summed E-state index contributed by atoms with van der Waals surface area (Å²) in [6.45, 7) is 3.38. The molecule has 1 unspecified atom stereocenters. The number of rotatable bonds is 5. The van der Waals surface area contributed by atoms with Crippen molar-refractivity contribution in [2.45, 2.75) is 19.9 Å². The Morgan fingerprint density at radius 3 is 2.38 bits per heavy atom. The van der Waals surface area contributed by atoms with Crippen LogP contribution in [-0.4, -0.2) is 11.7 Å². The van der Waals surface area contributed by atoms with Crippen molar-refractivity contribution in [3.05, 3.63) is 46.3 Å². The zero-order valence-electron chi connectivity index (χ0n) is 11.8. The fraction of sp³-hybridized carbons (Fsp3) is 0.200. The number of nitrogen functional groups attached to an aromatic ring is 1. The van der Waals surface area contributed by atoms with Gasteiger partial charge in [0.25, 0.3) is 5.91 Å². The fourth-order valence-electron chi connectivity index (χ4n) is 2.07. The van der Waals surface area contributed by atoms with Gasteiger partial charge in [-0.1, -0.05) is 30.3 Å². The molecule has 6 heteroatoms. The number of carbonyl (C=O) groups is 2. The molecule has 0 aliphatic carbocycles. The van der Waals surface area contributed by atoms with Crippen LogP contribution in [-0.2, 0) is 0 Å². The molecule has 110 valence electrons. The van der Waals surface area contributed by atoms with Crippen molar-refractivity contribution in [3.8, 4) is 0 Å². The molecule has 1 heterocycles. The smallest absolute Gasteiger partial charge is 0.253 e. The monoisotopic (exact) mass is 303 g/mol. The molecule has 0 radical (unpaired) electrons. The third-order valence-corrected chi connectivity index (χ3v) is 4.40. The van der Waals surface area contributed by atoms with Crippen molar-refractivity contribution in [2.75, 3.05) is 11.1 Å². The fourth-order valence-corrected chi connectivity index (χ4v) is 3.18. The van der Waals surface area contributed by atoms with Gasteiger partial charge in [-0.25, -0.2) is 0 Å². The number of nitrogens with one attached hydrogen (secondary N) is 1. The van der Waals surface area contributed by atoms with Crippen molar-refractivity contribution in [2.24, 2.45) is 5.73 Å². The highest BCUT2D eigenvalue weighted by Crippen LogP contribution is 2.37. The lowest BCUT2D eigenvalue weighted by molar-refractivity contribution is 0.100. The zero-order chi connectivity index (χ0) is 15.6. The Balaban J connectivity index is 2.38. The van der Waals surface area contributed by atoms with Crippen molar-refractivity contribution in [1.29, 1.82) is 0 Å². The first-order chi connectivity index (χ1) is 9.91. The first kappa shape index (κ1) is 15.1. The molecule has 1 amide bonds. The van der Waals surface area contributed by atoms with Crippen molar-refractivity contribution >= 4 is 33.7 Å². The van der Waals surface area contributed by atoms with E-state index in [1.807, 2.05) is 37.3 Å². The Labute approximate surface area is 127 Å². The molecule has 5 nitrogen and oxygen atoms in total. The number of nitrogens with two attached hydrogens (primary N) is 2. The molecule has 5 N–H and O–H groups in total. The Kier molecular flexibility index (Phi) is 4.28. The van der Waals surface area contributed by atoms with E-state index in [-0.39, 0.29) is 23.1 Å². The number of ketones is 1. The average molecular weight is 303 g/mol. The van der Waals surface area contributed by atoms with Crippen LogP contribution >= 0.6 is 11.3 Å². The van der Waals surface area contributed by atoms with Crippen LogP contribution in [0.2, 0.25) is 0 Å². The summed E-state index contributed by atoms with van der Waals surface area (Å²) in [7, 11) is 0. The summed E-state index contributed by atoms with van der Waals surface area (Å²) in [5.74, 6) is -0.820. The molecule has 21 heavy (non-hydrogen) atoms. The van der Waals surface area contributed by atoms with E-state index in [1.165, 1.54) is 6.92 Å². The SMILES string of the molecule is CC(=O)c1sc(NC(C)c2ccccc2)c(C(N)=O)c1N. The number of anilines is 2. The number of carbonyl (C=O) groups excluding carboxylic acids is 2. The number of benzene rings is 1. The van der Waals surface area contributed by atoms with E-state index >= 15 is 0 Å². The standard InChI is InChI=1S/C15H17N3O2S/c1-8(10-6-4-3-5-7-10)18-15-11(14(17)20)12(16)13(21-15)9(2)19/h3-8,18H,16H2,1-2H3,(H2,17,20). The van der Waals surface area contributed by atoms with Crippen LogP contribution in [0.25, 0.3) is 0 Å². The minimum Gasteiger partial charge on any atom is -0.397 e. The van der Waals surface area contributed by atoms with Gasteiger partial charge in [0.15, 0.2) is 5.78 Å². The minimum absolute atomic E-state index is 0.0397. The summed E-state index contributed by atoms with van der Waals surface area (Å²) < 4.78 is 0. The van der Waals surface area contributed by atoms with Gasteiger partial charge in [0.1, 0.15) is 5.00 Å². The molecule has 1 aromatic heterocycles. The van der Waals surface area contributed by atoms with Crippen LogP contribution < -0.4 is 16.8 Å². The van der Waals surface area contributed by atoms with Gasteiger partial charge in [-0.15, -0.1) is 11.3 Å². The van der Waals surface area contributed by atoms with Crippen molar-refractivity contribution in [1.82, 2.24) is 0 Å². The lowest BCUT2D eigenvalue weighted by Crippen LogP contribution is -2.16. The number of hydrogen-bond acceptors (Lipinski definition) is 5. The molecule has 0 spiro atoms. The van der Waals surface area contributed by atoms with E-state index in [0.717, 1.165) is 16.9 Å². The first-order valence-electron chi connectivity index (χ1n) is 6.46. The summed E-state index contributed by atoms with van der Waals surface area (Å²) in [4.78, 5) is 23.5. The number of thiophene rings is 1. The Bertz CT molecular complexity index is 680. The van der Waals surface area contributed by atoms with Crippen LogP contribution in [0.4, 0.5) is 10.7 Å². The Morgan fingerprint density at radius 1 is 1.24 bits per heavy atom. The second-order valence-corrected chi connectivity index (χ2v) is 5.77. The summed E-state index contributed by atoms with van der Waals surface area (Å²) >= 11 is 1.16. The quantitative estimate of drug-likeness (QED) is 0.740. The maximum absolute atomic E-state index is 11.6. The molecular weight excluding hydrogens is 286 g/mol. The van der Waals surface area contributed by atoms with E-state index in [2.05, 4.69) is 5.32 Å². The Morgan fingerprint density at radius 2 is 1.86 bits per heavy atom. The second-order valence-electron chi connectivity index (χ2n) is 4.75. The molecule has 2 aromatic rings. The molecule has 1 atom stereocenters. The maximum Gasteiger partial charge on any atom is 0.253 e. The van der Waals surface area contributed by atoms with Gasteiger partial charge >= 0.3 is 0 Å². The predicted molar refractivity (Wildman–Crippen MR) is 85.7 cm³/mol. The van der Waals surface area contributed by atoms with Gasteiger partial charge in [0.2, 0.25) is 0 Å². The molecule has 0 saturated heterocycles. The van der Waals surface area contributed by atoms with E-state index in [1.54, 1.807) is 0 Å². The van der Waals surface area contributed by atoms with E-state index in [4.69, 9.17) is 11.5 Å². The number of primary amides is 1. The van der Waals surface area contributed by atoms with Crippen LogP contribution in [0.15, 0.2) is 30.3 Å². The summed E-state index contributed by atoms with van der Waals surface area (Å²) in [6, 6.07) is 9.72. The predicted octanol–water partition coefficient (Wildman–Crippen LogP) is 2.80. The molecule has 1 aromatic carbocycles. The number of hydrogen-bond donors (Lipinski definition) is 3. The number of amides is 1. The molecule has 0 bridgehead atoms. The number of Topliss-reactive ketones (excluding diaryl/α,β-unsaturated/α-hetero) is 1. The van der Waals surface area contributed by atoms with Gasteiger partial charge in [-0.2, -0.15) is 0 Å². The normalized spacial score (nSPS) is 11.9. The molecule has 0 saturated carbocycles. The maximum atomic E-state index is 11.6. The third-order valence-electron chi connectivity index (χ3n) is 3.16. The van der Waals surface area contributed by atoms with Crippen LogP contribution in [0.3, 0.4) is 0 Å². The van der Waals surface area contributed by atoms with Crippen LogP contribution in [0.1, 0.15) is 45.5 Å². The molecule has 0 fully saturated rings. The van der Waals surface area contributed by atoms with Gasteiger partial charge in [-0.05, 0) is 12.5 Å². The van der Waals surface area contributed by atoms with Crippen LogP contribution in [0.5, 0.6) is 0 Å².